The number of benzene rings is 1. The highest BCUT2D eigenvalue weighted by atomic mass is 19.1. The summed E-state index contributed by atoms with van der Waals surface area (Å²) in [6, 6.07) is 7.83. The van der Waals surface area contributed by atoms with E-state index >= 15 is 0 Å². The minimum Gasteiger partial charge on any atom is -0.505 e. The molecule has 0 unspecified atom stereocenters. The van der Waals surface area contributed by atoms with Crippen LogP contribution in [0.1, 0.15) is 24.6 Å². The smallest absolute Gasteiger partial charge is 0.315 e. The number of rotatable bonds is 6. The number of aromatic nitrogens is 1. The lowest BCUT2D eigenvalue weighted by molar-refractivity contribution is 0.236. The van der Waals surface area contributed by atoms with Crippen LogP contribution in [-0.4, -0.2) is 21.7 Å². The normalized spacial score (nSPS) is 12.0. The van der Waals surface area contributed by atoms with Crippen molar-refractivity contribution < 1.29 is 14.3 Å². The molecule has 0 bridgehead atoms. The topological polar surface area (TPSA) is 66.3 Å². The van der Waals surface area contributed by atoms with Crippen LogP contribution in [0.5, 0.6) is 5.75 Å². The standard InChI is InChI=1S/C17H22FN3O2/c1-12(5-7-14-4-3-9-21(14)2)20-17(23)19-11-13-6-8-16(22)15(18)10-13/h3-4,6,8-10,12,22H,5,7,11H2,1-2H3,(H2,19,20,23)/t12-/m1/s1. The van der Waals surface area contributed by atoms with Crippen LogP contribution < -0.4 is 10.6 Å². The van der Waals surface area contributed by atoms with E-state index in [9.17, 15) is 9.18 Å². The van der Waals surface area contributed by atoms with Gasteiger partial charge in [0.1, 0.15) is 0 Å². The first-order chi connectivity index (χ1) is 11.0. The predicted octanol–water partition coefficient (Wildman–Crippen LogP) is 2.69. The number of carbonyl (C=O) groups excluding carboxylic acids is 1. The van der Waals surface area contributed by atoms with E-state index in [0.717, 1.165) is 12.8 Å². The highest BCUT2D eigenvalue weighted by molar-refractivity contribution is 5.74. The number of amides is 2. The number of urea groups is 1. The summed E-state index contributed by atoms with van der Waals surface area (Å²) in [5, 5.41) is 14.7. The lowest BCUT2D eigenvalue weighted by atomic mass is 10.1. The van der Waals surface area contributed by atoms with Crippen LogP contribution in [0.4, 0.5) is 9.18 Å². The number of carbonyl (C=O) groups is 1. The van der Waals surface area contributed by atoms with Crippen LogP contribution in [0, 0.1) is 5.82 Å². The van der Waals surface area contributed by atoms with E-state index < -0.39 is 11.6 Å². The first kappa shape index (κ1) is 16.9. The Labute approximate surface area is 135 Å². The van der Waals surface area contributed by atoms with Gasteiger partial charge in [0.2, 0.25) is 0 Å². The summed E-state index contributed by atoms with van der Waals surface area (Å²) in [5.74, 6) is -1.09. The van der Waals surface area contributed by atoms with Crippen molar-refractivity contribution in [2.24, 2.45) is 7.05 Å². The Morgan fingerprint density at radius 1 is 1.39 bits per heavy atom. The summed E-state index contributed by atoms with van der Waals surface area (Å²) in [7, 11) is 2.00. The maximum atomic E-state index is 13.2. The lowest BCUT2D eigenvalue weighted by Crippen LogP contribution is -2.40. The molecule has 1 aromatic heterocycles. The van der Waals surface area contributed by atoms with Crippen LogP contribution in [0.25, 0.3) is 0 Å². The van der Waals surface area contributed by atoms with Gasteiger partial charge in [0.15, 0.2) is 11.6 Å². The van der Waals surface area contributed by atoms with E-state index in [-0.39, 0.29) is 18.6 Å². The number of hydrogen-bond acceptors (Lipinski definition) is 2. The first-order valence-electron chi connectivity index (χ1n) is 7.57. The van der Waals surface area contributed by atoms with E-state index in [1.807, 2.05) is 26.2 Å². The van der Waals surface area contributed by atoms with E-state index in [1.54, 1.807) is 6.07 Å². The second-order valence-corrected chi connectivity index (χ2v) is 5.66. The van der Waals surface area contributed by atoms with Gasteiger partial charge in [-0.05, 0) is 49.6 Å². The molecule has 2 aromatic rings. The second kappa shape index (κ2) is 7.67. The molecule has 0 fully saturated rings. The summed E-state index contributed by atoms with van der Waals surface area (Å²) in [5.41, 5.74) is 1.81. The molecule has 0 spiro atoms. The Morgan fingerprint density at radius 3 is 2.83 bits per heavy atom. The van der Waals surface area contributed by atoms with Crippen molar-refractivity contribution in [1.29, 1.82) is 0 Å². The molecule has 0 radical (unpaired) electrons. The van der Waals surface area contributed by atoms with Crippen molar-refractivity contribution in [3.63, 3.8) is 0 Å². The minimum atomic E-state index is -0.694. The molecule has 1 aromatic carbocycles. The maximum Gasteiger partial charge on any atom is 0.315 e. The predicted molar refractivity (Wildman–Crippen MR) is 86.6 cm³/mol. The number of nitrogens with zero attached hydrogens (tertiary/aromatic N) is 1. The molecule has 23 heavy (non-hydrogen) atoms. The van der Waals surface area contributed by atoms with Crippen LogP contribution >= 0.6 is 0 Å². The van der Waals surface area contributed by atoms with Crippen LogP contribution in [0.3, 0.4) is 0 Å². The van der Waals surface area contributed by atoms with Gasteiger partial charge in [-0.3, -0.25) is 0 Å². The average molecular weight is 319 g/mol. The molecule has 1 atom stereocenters. The van der Waals surface area contributed by atoms with Gasteiger partial charge >= 0.3 is 6.03 Å². The van der Waals surface area contributed by atoms with Gasteiger partial charge < -0.3 is 20.3 Å². The zero-order chi connectivity index (χ0) is 16.8. The fourth-order valence-corrected chi connectivity index (χ4v) is 2.31. The quantitative estimate of drug-likeness (QED) is 0.766. The van der Waals surface area contributed by atoms with Crippen LogP contribution in [0.15, 0.2) is 36.5 Å². The highest BCUT2D eigenvalue weighted by Gasteiger charge is 2.09. The SMILES string of the molecule is C[C@H](CCc1cccn1C)NC(=O)NCc1ccc(O)c(F)c1. The van der Waals surface area contributed by atoms with Gasteiger partial charge in [-0.15, -0.1) is 0 Å². The zero-order valence-electron chi connectivity index (χ0n) is 13.3. The Hall–Kier alpha value is -2.50. The van der Waals surface area contributed by atoms with Crippen LogP contribution in [0.2, 0.25) is 0 Å². The minimum absolute atomic E-state index is 0.0291. The summed E-state index contributed by atoms with van der Waals surface area (Å²) in [6.45, 7) is 2.15. The molecule has 3 N–H and O–H groups in total. The molecule has 6 heteroatoms. The summed E-state index contributed by atoms with van der Waals surface area (Å²) >= 11 is 0. The van der Waals surface area contributed by atoms with Crippen molar-refractivity contribution in [2.45, 2.75) is 32.4 Å². The summed E-state index contributed by atoms with van der Waals surface area (Å²) < 4.78 is 15.3. The Bertz CT molecular complexity index is 670. The third-order valence-corrected chi connectivity index (χ3v) is 3.73. The third-order valence-electron chi connectivity index (χ3n) is 3.73. The Kier molecular flexibility index (Phi) is 5.62. The van der Waals surface area contributed by atoms with Crippen molar-refractivity contribution in [1.82, 2.24) is 15.2 Å². The molecule has 0 aliphatic heterocycles. The molecule has 5 nitrogen and oxygen atoms in total. The van der Waals surface area contributed by atoms with Gasteiger partial charge in [-0.1, -0.05) is 6.07 Å². The monoisotopic (exact) mass is 319 g/mol. The van der Waals surface area contributed by atoms with Crippen molar-refractivity contribution >= 4 is 6.03 Å². The van der Waals surface area contributed by atoms with Gasteiger partial charge in [0.25, 0.3) is 0 Å². The third kappa shape index (κ3) is 5.02. The van der Waals surface area contributed by atoms with Crippen molar-refractivity contribution in [3.8, 4) is 5.75 Å². The molecule has 0 aliphatic carbocycles. The van der Waals surface area contributed by atoms with Crippen molar-refractivity contribution in [2.75, 3.05) is 0 Å². The Balaban J connectivity index is 1.73. The fraction of sp³-hybridized carbons (Fsp3) is 0.353. The molecule has 2 amide bonds. The number of halogens is 1. The van der Waals surface area contributed by atoms with E-state index in [4.69, 9.17) is 5.11 Å². The Morgan fingerprint density at radius 2 is 2.17 bits per heavy atom. The highest BCUT2D eigenvalue weighted by Crippen LogP contribution is 2.15. The first-order valence-corrected chi connectivity index (χ1v) is 7.57. The van der Waals surface area contributed by atoms with E-state index in [0.29, 0.717) is 5.56 Å². The molecule has 1 heterocycles. The molecule has 0 saturated carbocycles. The molecular formula is C17H22FN3O2. The number of nitrogens with one attached hydrogen (secondary N) is 2. The zero-order valence-corrected chi connectivity index (χ0v) is 13.3. The molecule has 2 rings (SSSR count). The molecule has 0 saturated heterocycles. The van der Waals surface area contributed by atoms with Gasteiger partial charge in [-0.2, -0.15) is 0 Å². The van der Waals surface area contributed by atoms with E-state index in [1.165, 1.54) is 17.8 Å². The number of phenols is 1. The van der Waals surface area contributed by atoms with Crippen LogP contribution in [-0.2, 0) is 20.0 Å². The lowest BCUT2D eigenvalue weighted by Gasteiger charge is -2.15. The largest absolute Gasteiger partial charge is 0.505 e. The fourth-order valence-electron chi connectivity index (χ4n) is 2.31. The number of aryl methyl sites for hydroxylation is 2. The van der Waals surface area contributed by atoms with Crippen molar-refractivity contribution in [3.05, 3.63) is 53.6 Å². The molecule has 124 valence electrons. The summed E-state index contributed by atoms with van der Waals surface area (Å²) in [4.78, 5) is 11.8. The number of aromatic hydroxyl groups is 1. The van der Waals surface area contributed by atoms with Gasteiger partial charge in [0, 0.05) is 31.5 Å². The number of hydrogen-bond donors (Lipinski definition) is 3. The van der Waals surface area contributed by atoms with Gasteiger partial charge in [-0.25, -0.2) is 9.18 Å². The van der Waals surface area contributed by atoms with Gasteiger partial charge in [0.05, 0.1) is 0 Å². The second-order valence-electron chi connectivity index (χ2n) is 5.66. The number of phenolic OH excluding ortho intramolecular Hbond substituents is 1. The molecule has 0 aliphatic rings. The summed E-state index contributed by atoms with van der Waals surface area (Å²) in [6.07, 6.45) is 3.71. The van der Waals surface area contributed by atoms with E-state index in [2.05, 4.69) is 21.3 Å². The average Bonchev–Trinajstić information content (AvgIpc) is 2.91. The maximum absolute atomic E-state index is 13.2. The molecular weight excluding hydrogens is 297 g/mol.